The third-order valence-electron chi connectivity index (χ3n) is 11.8. The molecule has 37 heavy (non-hydrogen) atoms. The number of hydrogen-bond acceptors (Lipinski definition) is 5. The van der Waals surface area contributed by atoms with Gasteiger partial charge in [-0.3, -0.25) is 9.59 Å². The van der Waals surface area contributed by atoms with Gasteiger partial charge in [-0.1, -0.05) is 39.3 Å². The maximum absolute atomic E-state index is 11.7. The van der Waals surface area contributed by atoms with Gasteiger partial charge in [0, 0.05) is 39.2 Å². The highest BCUT2D eigenvalue weighted by molar-refractivity contribution is 5.72. The Hall–Kier alpha value is -1.40. The second-order valence-electron chi connectivity index (χ2n) is 13.9. The summed E-state index contributed by atoms with van der Waals surface area (Å²) in [5.74, 6) is 1.58. The highest BCUT2D eigenvalue weighted by atomic mass is 16.6. The molecule has 5 aliphatic rings. The van der Waals surface area contributed by atoms with Gasteiger partial charge in [0.15, 0.2) is 5.79 Å². The molecule has 1 amide bonds. The van der Waals surface area contributed by atoms with Crippen LogP contribution in [-0.2, 0) is 19.1 Å². The first-order valence-corrected chi connectivity index (χ1v) is 14.9. The van der Waals surface area contributed by atoms with Crippen molar-refractivity contribution in [2.45, 2.75) is 117 Å². The summed E-state index contributed by atoms with van der Waals surface area (Å²) >= 11 is 0. The summed E-state index contributed by atoms with van der Waals surface area (Å²) in [5, 5.41) is 14.6. The lowest BCUT2D eigenvalue weighted by molar-refractivity contribution is -0.220. The van der Waals surface area contributed by atoms with Crippen LogP contribution in [-0.4, -0.2) is 41.5 Å². The zero-order chi connectivity index (χ0) is 26.8. The normalized spacial score (nSPS) is 47.1. The van der Waals surface area contributed by atoms with Crippen LogP contribution < -0.4 is 5.32 Å². The van der Waals surface area contributed by atoms with Crippen LogP contribution in [0.1, 0.15) is 99.3 Å². The molecule has 9 unspecified atom stereocenters. The molecule has 1 heterocycles. The zero-order valence-electron chi connectivity index (χ0n) is 23.8. The van der Waals surface area contributed by atoms with Gasteiger partial charge < -0.3 is 19.9 Å². The Bertz CT molecular complexity index is 948. The van der Waals surface area contributed by atoms with Gasteiger partial charge in [0.25, 0.3) is 0 Å². The Kier molecular flexibility index (Phi) is 7.09. The fourth-order valence-electron chi connectivity index (χ4n) is 9.81. The lowest BCUT2D eigenvalue weighted by Crippen LogP contribution is -2.52. The number of ether oxygens (including phenoxy) is 2. The maximum Gasteiger partial charge on any atom is 0.302 e. The third kappa shape index (κ3) is 4.58. The SMILES string of the molecule is CC(=O)NCC(C)CCC1(O)OC2CC3C4CC=C5CC(OC(C)=O)CC[C@]5(C)C4CC[C@]3(C)C2C1C. The summed E-state index contributed by atoms with van der Waals surface area (Å²) < 4.78 is 12.2. The van der Waals surface area contributed by atoms with E-state index >= 15 is 0 Å². The number of amides is 1. The molecular formula is C31H49NO5. The highest BCUT2D eigenvalue weighted by Gasteiger charge is 2.67. The number of fused-ring (bicyclic) bond motifs is 7. The van der Waals surface area contributed by atoms with Crippen LogP contribution in [0.4, 0.5) is 0 Å². The summed E-state index contributed by atoms with van der Waals surface area (Å²) in [6.45, 7) is 13.1. The van der Waals surface area contributed by atoms with Crippen molar-refractivity contribution in [1.29, 1.82) is 0 Å². The molecule has 0 aromatic rings. The summed E-state index contributed by atoms with van der Waals surface area (Å²) in [4.78, 5) is 22.8. The second-order valence-corrected chi connectivity index (χ2v) is 13.9. The summed E-state index contributed by atoms with van der Waals surface area (Å²) in [7, 11) is 0. The van der Waals surface area contributed by atoms with E-state index in [0.29, 0.717) is 42.6 Å². The molecule has 0 aromatic heterocycles. The molecule has 6 heteroatoms. The van der Waals surface area contributed by atoms with Crippen molar-refractivity contribution >= 4 is 11.9 Å². The largest absolute Gasteiger partial charge is 0.462 e. The molecule has 0 bridgehead atoms. The van der Waals surface area contributed by atoms with E-state index < -0.39 is 5.79 Å². The van der Waals surface area contributed by atoms with Crippen molar-refractivity contribution in [3.8, 4) is 0 Å². The number of hydrogen-bond donors (Lipinski definition) is 2. The average molecular weight is 516 g/mol. The first-order valence-electron chi connectivity index (χ1n) is 14.9. The van der Waals surface area contributed by atoms with E-state index in [4.69, 9.17) is 9.47 Å². The van der Waals surface area contributed by atoms with E-state index in [2.05, 4.69) is 39.1 Å². The first-order chi connectivity index (χ1) is 17.4. The van der Waals surface area contributed by atoms with Gasteiger partial charge in [-0.25, -0.2) is 0 Å². The number of esters is 1. The monoisotopic (exact) mass is 515 g/mol. The van der Waals surface area contributed by atoms with Gasteiger partial charge >= 0.3 is 5.97 Å². The predicted octanol–water partition coefficient (Wildman–Crippen LogP) is 5.38. The minimum atomic E-state index is -1.06. The van der Waals surface area contributed by atoms with Gasteiger partial charge in [-0.15, -0.1) is 0 Å². The van der Waals surface area contributed by atoms with Crippen LogP contribution in [0.15, 0.2) is 11.6 Å². The van der Waals surface area contributed by atoms with Crippen LogP contribution in [0.3, 0.4) is 0 Å². The number of allylic oxidation sites excluding steroid dienone is 1. The topological polar surface area (TPSA) is 84.9 Å². The van der Waals surface area contributed by atoms with Gasteiger partial charge in [-0.2, -0.15) is 0 Å². The van der Waals surface area contributed by atoms with Crippen molar-refractivity contribution < 1.29 is 24.2 Å². The molecule has 0 spiro atoms. The number of carbonyl (C=O) groups is 2. The third-order valence-corrected chi connectivity index (χ3v) is 11.8. The molecule has 1 saturated heterocycles. The molecule has 0 aromatic carbocycles. The Balaban J connectivity index is 1.28. The minimum Gasteiger partial charge on any atom is -0.462 e. The molecule has 208 valence electrons. The zero-order valence-corrected chi connectivity index (χ0v) is 23.8. The molecule has 1 aliphatic heterocycles. The number of aliphatic hydroxyl groups is 1. The molecule has 4 fully saturated rings. The van der Waals surface area contributed by atoms with E-state index in [1.807, 2.05) is 0 Å². The summed E-state index contributed by atoms with van der Waals surface area (Å²) in [5.41, 5.74) is 1.95. The van der Waals surface area contributed by atoms with Crippen LogP contribution >= 0.6 is 0 Å². The number of carbonyl (C=O) groups excluding carboxylic acids is 2. The van der Waals surface area contributed by atoms with Gasteiger partial charge in [-0.05, 0) is 85.4 Å². The quantitative estimate of drug-likeness (QED) is 0.366. The van der Waals surface area contributed by atoms with Crippen molar-refractivity contribution in [1.82, 2.24) is 5.32 Å². The van der Waals surface area contributed by atoms with E-state index in [-0.39, 0.29) is 40.8 Å². The molecule has 0 radical (unpaired) electrons. The van der Waals surface area contributed by atoms with E-state index in [1.165, 1.54) is 25.3 Å². The number of rotatable bonds is 6. The molecule has 5 rings (SSSR count). The average Bonchev–Trinajstić information content (AvgIpc) is 3.26. The van der Waals surface area contributed by atoms with Crippen molar-refractivity contribution in [3.63, 3.8) is 0 Å². The van der Waals surface area contributed by atoms with Crippen molar-refractivity contribution in [2.75, 3.05) is 6.54 Å². The molecular weight excluding hydrogens is 466 g/mol. The van der Waals surface area contributed by atoms with Gasteiger partial charge in [0.05, 0.1) is 6.10 Å². The Morgan fingerprint density at radius 1 is 1.22 bits per heavy atom. The predicted molar refractivity (Wildman–Crippen MR) is 142 cm³/mol. The van der Waals surface area contributed by atoms with E-state index in [9.17, 15) is 14.7 Å². The van der Waals surface area contributed by atoms with Gasteiger partial charge in [0.2, 0.25) is 5.91 Å². The fourth-order valence-corrected chi connectivity index (χ4v) is 9.81. The molecule has 11 atom stereocenters. The standard InChI is InChI=1S/C31H49NO5/c1-18(17-32-20(3)33)9-14-31(35)19(2)28-27(37-31)16-26-24-8-7-22-15-23(36-21(4)34)10-12-29(22,5)25(24)11-13-30(26,28)6/h7,18-19,23-28,35H,8-17H2,1-6H3,(H,32,33)/t18?,19?,23?,24?,25?,26?,27?,28?,29-,30-,31?/m0/s1. The summed E-state index contributed by atoms with van der Waals surface area (Å²) in [6, 6.07) is 0. The highest BCUT2D eigenvalue weighted by Crippen LogP contribution is 2.70. The smallest absolute Gasteiger partial charge is 0.302 e. The van der Waals surface area contributed by atoms with Crippen LogP contribution in [0.5, 0.6) is 0 Å². The molecule has 4 aliphatic carbocycles. The Morgan fingerprint density at radius 2 is 1.97 bits per heavy atom. The first kappa shape index (κ1) is 27.2. The van der Waals surface area contributed by atoms with Crippen LogP contribution in [0.25, 0.3) is 0 Å². The van der Waals surface area contributed by atoms with Gasteiger partial charge in [0.1, 0.15) is 6.10 Å². The lowest BCUT2D eigenvalue weighted by Gasteiger charge is -2.58. The lowest BCUT2D eigenvalue weighted by atomic mass is 9.47. The van der Waals surface area contributed by atoms with Crippen LogP contribution in [0, 0.1) is 46.3 Å². The van der Waals surface area contributed by atoms with E-state index in [1.54, 1.807) is 6.92 Å². The fraction of sp³-hybridized carbons (Fsp3) is 0.871. The maximum atomic E-state index is 11.7. The minimum absolute atomic E-state index is 0.00359. The Morgan fingerprint density at radius 3 is 2.68 bits per heavy atom. The van der Waals surface area contributed by atoms with E-state index in [0.717, 1.165) is 38.5 Å². The molecule has 3 saturated carbocycles. The van der Waals surface area contributed by atoms with Crippen LogP contribution in [0.2, 0.25) is 0 Å². The molecule has 6 nitrogen and oxygen atoms in total. The molecule has 2 N–H and O–H groups in total. The van der Waals surface area contributed by atoms with Crippen molar-refractivity contribution in [3.05, 3.63) is 11.6 Å². The second kappa shape index (κ2) is 9.66. The Labute approximate surface area is 223 Å². The van der Waals surface area contributed by atoms with Crippen molar-refractivity contribution in [2.24, 2.45) is 46.3 Å². The summed E-state index contributed by atoms with van der Waals surface area (Å²) in [6.07, 6.45) is 11.8. The number of nitrogens with one attached hydrogen (secondary N) is 1.